The summed E-state index contributed by atoms with van der Waals surface area (Å²) in [5.74, 6) is 4.92. The molecule has 0 spiro atoms. The summed E-state index contributed by atoms with van der Waals surface area (Å²) < 4.78 is 0. The second-order valence-electron chi connectivity index (χ2n) is 2.87. The maximum absolute atomic E-state index is 10.9. The number of carbonyl (C=O) groups excluding carboxylic acids is 1. The van der Waals surface area contributed by atoms with Gasteiger partial charge in [-0.15, -0.1) is 5.59 Å². The number of carbonyl (C=O) groups is 1. The minimum atomic E-state index is -0.483. The molecule has 15 heavy (non-hydrogen) atoms. The van der Waals surface area contributed by atoms with Crippen LogP contribution in [0.25, 0.3) is 0 Å². The lowest BCUT2D eigenvalue weighted by Crippen LogP contribution is -2.47. The Kier molecular flexibility index (Phi) is 4.55. The fraction of sp³-hybridized carbons (Fsp3) is 0.222. The smallest absolute Gasteiger partial charge is 0.277 e. The zero-order valence-electron chi connectivity index (χ0n) is 8.43. The fourth-order valence-electron chi connectivity index (χ4n) is 0.925. The van der Waals surface area contributed by atoms with Crippen LogP contribution in [0.5, 0.6) is 0 Å². The summed E-state index contributed by atoms with van der Waals surface area (Å²) in [6.45, 7) is 0.364. The van der Waals surface area contributed by atoms with Gasteiger partial charge in [0.05, 0.1) is 6.61 Å². The quantitative estimate of drug-likeness (QED) is 0.375. The van der Waals surface area contributed by atoms with Gasteiger partial charge in [-0.05, 0) is 5.56 Å². The van der Waals surface area contributed by atoms with Gasteiger partial charge in [-0.2, -0.15) is 0 Å². The molecule has 0 aliphatic carbocycles. The molecule has 6 heteroatoms. The van der Waals surface area contributed by atoms with Gasteiger partial charge in [0, 0.05) is 7.05 Å². The number of hydrogen-bond acceptors (Lipinski definition) is 4. The molecule has 0 bridgehead atoms. The molecule has 0 heterocycles. The van der Waals surface area contributed by atoms with Gasteiger partial charge < -0.3 is 0 Å². The van der Waals surface area contributed by atoms with E-state index >= 15 is 0 Å². The summed E-state index contributed by atoms with van der Waals surface area (Å²) in [6, 6.07) is 9.10. The van der Waals surface area contributed by atoms with Gasteiger partial charge in [0.2, 0.25) is 0 Å². The van der Waals surface area contributed by atoms with Gasteiger partial charge in [0.15, 0.2) is 0 Å². The van der Waals surface area contributed by atoms with Crippen molar-refractivity contribution in [1.29, 1.82) is 0 Å². The van der Waals surface area contributed by atoms with E-state index < -0.39 is 6.03 Å². The molecule has 0 aliphatic heterocycles. The van der Waals surface area contributed by atoms with Crippen molar-refractivity contribution in [3.05, 3.63) is 35.9 Å². The summed E-state index contributed by atoms with van der Waals surface area (Å²) in [5.41, 5.74) is 5.39. The van der Waals surface area contributed by atoms with Gasteiger partial charge in [-0.3, -0.25) is 10.3 Å². The Bertz CT molecular complexity index is 304. The number of nitrogens with two attached hydrogens (primary N) is 1. The monoisotopic (exact) mass is 210 g/mol. The number of rotatable bonds is 4. The van der Waals surface area contributed by atoms with Gasteiger partial charge in [0.25, 0.3) is 0 Å². The molecule has 82 valence electrons. The van der Waals surface area contributed by atoms with Crippen LogP contribution in [0.2, 0.25) is 0 Å². The van der Waals surface area contributed by atoms with Crippen LogP contribution in [-0.2, 0) is 11.4 Å². The van der Waals surface area contributed by atoms with Crippen molar-refractivity contribution in [3.8, 4) is 0 Å². The largest absolute Gasteiger partial charge is 0.347 e. The Hall–Kier alpha value is -1.63. The lowest BCUT2D eigenvalue weighted by molar-refractivity contribution is -0.0598. The fourth-order valence-corrected chi connectivity index (χ4v) is 0.925. The number of nitrogens with one attached hydrogen (secondary N) is 2. The molecule has 0 atom stereocenters. The molecule has 1 aromatic rings. The van der Waals surface area contributed by atoms with E-state index in [0.29, 0.717) is 6.61 Å². The maximum atomic E-state index is 10.9. The first-order valence-electron chi connectivity index (χ1n) is 4.39. The van der Waals surface area contributed by atoms with Crippen molar-refractivity contribution in [2.75, 3.05) is 7.05 Å². The van der Waals surface area contributed by atoms with E-state index in [9.17, 15) is 4.79 Å². The van der Waals surface area contributed by atoms with E-state index in [4.69, 9.17) is 10.7 Å². The van der Waals surface area contributed by atoms with E-state index in [1.807, 2.05) is 35.8 Å². The zero-order valence-corrected chi connectivity index (χ0v) is 8.43. The minimum Gasteiger partial charge on any atom is -0.277 e. The molecule has 0 aliphatic rings. The second-order valence-corrected chi connectivity index (χ2v) is 2.87. The van der Waals surface area contributed by atoms with E-state index in [1.54, 1.807) is 0 Å². The van der Waals surface area contributed by atoms with Crippen LogP contribution in [0.4, 0.5) is 4.79 Å². The van der Waals surface area contributed by atoms with Gasteiger partial charge >= 0.3 is 6.03 Å². The Morgan fingerprint density at radius 3 is 2.73 bits per heavy atom. The first kappa shape index (κ1) is 11.4. The first-order chi connectivity index (χ1) is 7.24. The lowest BCUT2D eigenvalue weighted by atomic mass is 10.2. The van der Waals surface area contributed by atoms with Crippen LogP contribution in [0.15, 0.2) is 30.3 Å². The average Bonchev–Trinajstić information content (AvgIpc) is 2.29. The summed E-state index contributed by atoms with van der Waals surface area (Å²) in [6.07, 6.45) is 0. The van der Waals surface area contributed by atoms with Crippen molar-refractivity contribution in [3.63, 3.8) is 0 Å². The van der Waals surface area contributed by atoms with Gasteiger partial charge in [-0.25, -0.2) is 15.6 Å². The highest BCUT2D eigenvalue weighted by atomic mass is 16.7. The third-order valence-corrected chi connectivity index (χ3v) is 1.71. The molecule has 1 rings (SSSR count). The molecule has 0 fully saturated rings. The van der Waals surface area contributed by atoms with Crippen LogP contribution in [0.3, 0.4) is 0 Å². The van der Waals surface area contributed by atoms with Crippen LogP contribution < -0.4 is 16.9 Å². The number of amides is 2. The normalized spacial score (nSPS) is 9.73. The topological polar surface area (TPSA) is 79.6 Å². The van der Waals surface area contributed by atoms with Crippen LogP contribution >= 0.6 is 0 Å². The molecule has 2 amide bonds. The van der Waals surface area contributed by atoms with Crippen molar-refractivity contribution >= 4 is 6.03 Å². The van der Waals surface area contributed by atoms with E-state index in [1.165, 1.54) is 7.05 Å². The van der Waals surface area contributed by atoms with Crippen molar-refractivity contribution in [2.24, 2.45) is 5.84 Å². The number of benzene rings is 1. The third-order valence-electron chi connectivity index (χ3n) is 1.71. The standard InChI is InChI=1S/C9H14N4O2/c1-13(9(14)11-10)12-15-7-8-5-3-2-4-6-8/h2-6,12H,7,10H2,1H3,(H,11,14). The molecular weight excluding hydrogens is 196 g/mol. The molecule has 4 N–H and O–H groups in total. The number of urea groups is 1. The Balaban J connectivity index is 2.25. The minimum absolute atomic E-state index is 0.364. The van der Waals surface area contributed by atoms with Crippen molar-refractivity contribution < 1.29 is 9.63 Å². The molecule has 0 aromatic heterocycles. The summed E-state index contributed by atoms with van der Waals surface area (Å²) in [7, 11) is 1.49. The molecular formula is C9H14N4O2. The predicted octanol–water partition coefficient (Wildman–Crippen LogP) is 0.138. The van der Waals surface area contributed by atoms with Gasteiger partial charge in [-0.1, -0.05) is 30.3 Å². The highest BCUT2D eigenvalue weighted by molar-refractivity contribution is 5.72. The molecule has 1 aromatic carbocycles. The number of hydrogen-bond donors (Lipinski definition) is 3. The highest BCUT2D eigenvalue weighted by Gasteiger charge is 2.04. The van der Waals surface area contributed by atoms with Crippen LogP contribution in [0, 0.1) is 0 Å². The SMILES string of the molecule is CN(NOCc1ccccc1)C(=O)NN. The molecule has 0 unspecified atom stereocenters. The zero-order chi connectivity index (χ0) is 11.1. The maximum Gasteiger partial charge on any atom is 0.347 e. The van der Waals surface area contributed by atoms with Gasteiger partial charge in [0.1, 0.15) is 0 Å². The third kappa shape index (κ3) is 3.94. The van der Waals surface area contributed by atoms with E-state index in [-0.39, 0.29) is 0 Å². The summed E-state index contributed by atoms with van der Waals surface area (Å²) >= 11 is 0. The van der Waals surface area contributed by atoms with E-state index in [2.05, 4.69) is 5.59 Å². The van der Waals surface area contributed by atoms with Crippen molar-refractivity contribution in [1.82, 2.24) is 16.0 Å². The number of nitrogens with zero attached hydrogens (tertiary/aromatic N) is 1. The Morgan fingerprint density at radius 2 is 2.13 bits per heavy atom. The molecule has 0 saturated heterocycles. The highest BCUT2D eigenvalue weighted by Crippen LogP contribution is 1.98. The average molecular weight is 210 g/mol. The second kappa shape index (κ2) is 5.97. The molecule has 6 nitrogen and oxygen atoms in total. The van der Waals surface area contributed by atoms with Crippen molar-refractivity contribution in [2.45, 2.75) is 6.61 Å². The lowest BCUT2D eigenvalue weighted by Gasteiger charge is -2.16. The Morgan fingerprint density at radius 1 is 1.47 bits per heavy atom. The molecule has 0 saturated carbocycles. The number of hydrazine groups is 2. The summed E-state index contributed by atoms with van der Waals surface area (Å²) in [5, 5.41) is 1.10. The van der Waals surface area contributed by atoms with E-state index in [0.717, 1.165) is 10.6 Å². The van der Waals surface area contributed by atoms with Crippen LogP contribution in [-0.4, -0.2) is 18.1 Å². The summed E-state index contributed by atoms with van der Waals surface area (Å²) in [4.78, 5) is 16.0. The van der Waals surface area contributed by atoms with Crippen LogP contribution in [0.1, 0.15) is 5.56 Å². The molecule has 0 radical (unpaired) electrons. The first-order valence-corrected chi connectivity index (χ1v) is 4.39. The predicted molar refractivity (Wildman–Crippen MR) is 54.8 cm³/mol. The Labute approximate surface area is 87.9 Å².